The lowest BCUT2D eigenvalue weighted by atomic mass is 9.94. The van der Waals surface area contributed by atoms with Crippen molar-refractivity contribution in [2.24, 2.45) is 0 Å². The average molecular weight is 460 g/mol. The Labute approximate surface area is 181 Å². The van der Waals surface area contributed by atoms with Crippen molar-refractivity contribution in [1.82, 2.24) is 0 Å². The van der Waals surface area contributed by atoms with Gasteiger partial charge in [-0.3, -0.25) is 4.21 Å². The fourth-order valence-corrected chi connectivity index (χ4v) is 5.24. The van der Waals surface area contributed by atoms with Crippen LogP contribution >= 0.6 is 15.9 Å². The Morgan fingerprint density at radius 2 is 1.72 bits per heavy atom. The molecule has 0 aliphatic carbocycles. The second-order valence-electron chi connectivity index (χ2n) is 7.06. The molecule has 2 nitrogen and oxygen atoms in total. The molecule has 0 saturated heterocycles. The summed E-state index contributed by atoms with van der Waals surface area (Å²) in [5.74, 6) is 0. The minimum Gasteiger partial charge on any atom is -0.316 e. The second kappa shape index (κ2) is 7.29. The molecule has 0 N–H and O–H groups in total. The number of nitrogens with zero attached hydrogens (tertiary/aromatic N) is 1. The molecule has 0 amide bonds. The van der Waals surface area contributed by atoms with Crippen LogP contribution in [0.15, 0.2) is 94.4 Å². The van der Waals surface area contributed by atoms with Gasteiger partial charge in [0.1, 0.15) is 0 Å². The molecule has 1 aliphatic rings. The number of rotatable bonds is 3. The molecule has 142 valence electrons. The summed E-state index contributed by atoms with van der Waals surface area (Å²) in [6, 6.07) is 27.2. The van der Waals surface area contributed by atoms with Gasteiger partial charge in [-0.2, -0.15) is 0 Å². The van der Waals surface area contributed by atoms with Crippen molar-refractivity contribution in [3.63, 3.8) is 0 Å². The smallest absolute Gasteiger partial charge is 0.0546 e. The first-order chi connectivity index (χ1) is 14.1. The van der Waals surface area contributed by atoms with E-state index in [0.29, 0.717) is 0 Å². The van der Waals surface area contributed by atoms with Crippen molar-refractivity contribution in [2.45, 2.75) is 4.90 Å². The van der Waals surface area contributed by atoms with E-state index in [1.54, 1.807) is 6.26 Å². The van der Waals surface area contributed by atoms with Crippen molar-refractivity contribution in [1.29, 1.82) is 0 Å². The highest BCUT2D eigenvalue weighted by molar-refractivity contribution is 9.10. The Morgan fingerprint density at radius 1 is 0.897 bits per heavy atom. The summed E-state index contributed by atoms with van der Waals surface area (Å²) in [7, 11) is -1.09. The lowest BCUT2D eigenvalue weighted by Crippen LogP contribution is -2.12. The summed E-state index contributed by atoms with van der Waals surface area (Å²) in [6.45, 7) is 0. The van der Waals surface area contributed by atoms with Gasteiger partial charge in [0.15, 0.2) is 0 Å². The molecule has 0 bridgehead atoms. The van der Waals surface area contributed by atoms with Crippen LogP contribution in [0.1, 0.15) is 5.56 Å². The predicted molar refractivity (Wildman–Crippen MR) is 127 cm³/mol. The van der Waals surface area contributed by atoms with Gasteiger partial charge in [-0.25, -0.2) is 0 Å². The molecule has 0 aromatic heterocycles. The van der Waals surface area contributed by atoms with E-state index in [9.17, 15) is 4.21 Å². The van der Waals surface area contributed by atoms with E-state index in [1.165, 1.54) is 16.3 Å². The Hall–Kier alpha value is -2.69. The van der Waals surface area contributed by atoms with Crippen LogP contribution in [0.25, 0.3) is 28.0 Å². The quantitative estimate of drug-likeness (QED) is 0.324. The standard InChI is InChI=1S/C25H18BrNOS/c1-29(28)24-16-20(26)10-11-22(24)19-14-18-7-5-6-17-12-13-27(23(15-19)25(17)18)21-8-3-2-4-9-21/h2-16H,1H3. The normalized spacial score (nSPS) is 13.7. The maximum absolute atomic E-state index is 12.4. The molecule has 0 fully saturated rings. The molecule has 1 unspecified atom stereocenters. The lowest BCUT2D eigenvalue weighted by molar-refractivity contribution is 0.687. The van der Waals surface area contributed by atoms with Crippen LogP contribution in [0, 0.1) is 0 Å². The fraction of sp³-hybridized carbons (Fsp3) is 0.0400. The van der Waals surface area contributed by atoms with E-state index in [0.717, 1.165) is 31.9 Å². The monoisotopic (exact) mass is 459 g/mol. The molecular formula is C25H18BrNOS. The number of benzene rings is 4. The highest BCUT2D eigenvalue weighted by Gasteiger charge is 2.19. The Balaban J connectivity index is 1.79. The summed E-state index contributed by atoms with van der Waals surface area (Å²) in [5, 5.41) is 2.41. The van der Waals surface area contributed by atoms with E-state index >= 15 is 0 Å². The van der Waals surface area contributed by atoms with Crippen LogP contribution in [-0.4, -0.2) is 10.5 Å². The Bertz CT molecular complexity index is 1300. The van der Waals surface area contributed by atoms with E-state index in [1.807, 2.05) is 24.3 Å². The van der Waals surface area contributed by atoms with Crippen LogP contribution in [-0.2, 0) is 10.8 Å². The molecule has 0 spiro atoms. The molecular weight excluding hydrogens is 442 g/mol. The topological polar surface area (TPSA) is 20.3 Å². The molecule has 1 heterocycles. The van der Waals surface area contributed by atoms with Crippen molar-refractivity contribution < 1.29 is 4.21 Å². The average Bonchev–Trinajstić information content (AvgIpc) is 2.74. The Morgan fingerprint density at radius 3 is 2.52 bits per heavy atom. The number of hydrogen-bond donors (Lipinski definition) is 0. The van der Waals surface area contributed by atoms with Crippen molar-refractivity contribution >= 4 is 55.0 Å². The number of anilines is 2. The fourth-order valence-electron chi connectivity index (χ4n) is 3.94. The molecule has 4 aromatic rings. The van der Waals surface area contributed by atoms with Gasteiger partial charge in [-0.1, -0.05) is 58.4 Å². The molecule has 0 saturated carbocycles. The predicted octanol–water partition coefficient (Wildman–Crippen LogP) is 7.13. The summed E-state index contributed by atoms with van der Waals surface area (Å²) >= 11 is 3.51. The van der Waals surface area contributed by atoms with Crippen LogP contribution in [0.2, 0.25) is 0 Å². The molecule has 4 aromatic carbocycles. The lowest BCUT2D eigenvalue weighted by Gasteiger charge is -2.27. The summed E-state index contributed by atoms with van der Waals surface area (Å²) in [4.78, 5) is 3.06. The molecule has 29 heavy (non-hydrogen) atoms. The van der Waals surface area contributed by atoms with Crippen molar-refractivity contribution in [3.8, 4) is 11.1 Å². The van der Waals surface area contributed by atoms with Gasteiger partial charge in [0.25, 0.3) is 0 Å². The van der Waals surface area contributed by atoms with Crippen LogP contribution in [0.3, 0.4) is 0 Å². The first-order valence-electron chi connectivity index (χ1n) is 9.34. The third-order valence-electron chi connectivity index (χ3n) is 5.25. The highest BCUT2D eigenvalue weighted by Crippen LogP contribution is 2.42. The van der Waals surface area contributed by atoms with Crippen molar-refractivity contribution in [2.75, 3.05) is 11.2 Å². The van der Waals surface area contributed by atoms with Gasteiger partial charge in [0, 0.05) is 32.9 Å². The Kier molecular flexibility index (Phi) is 4.61. The van der Waals surface area contributed by atoms with E-state index in [4.69, 9.17) is 0 Å². The van der Waals surface area contributed by atoms with Crippen molar-refractivity contribution in [3.05, 3.63) is 95.1 Å². The maximum Gasteiger partial charge on any atom is 0.0546 e. The minimum atomic E-state index is -1.09. The van der Waals surface area contributed by atoms with Gasteiger partial charge in [0.2, 0.25) is 0 Å². The maximum atomic E-state index is 12.4. The molecule has 0 radical (unpaired) electrons. The van der Waals surface area contributed by atoms with Gasteiger partial charge < -0.3 is 4.90 Å². The van der Waals surface area contributed by atoms with Crippen LogP contribution in [0.5, 0.6) is 0 Å². The highest BCUT2D eigenvalue weighted by atomic mass is 79.9. The van der Waals surface area contributed by atoms with Crippen LogP contribution < -0.4 is 4.90 Å². The molecule has 5 rings (SSSR count). The summed E-state index contributed by atoms with van der Waals surface area (Å²) < 4.78 is 13.4. The molecule has 4 heteroatoms. The minimum absolute atomic E-state index is 0.833. The van der Waals surface area contributed by atoms with E-state index in [2.05, 4.69) is 87.7 Å². The van der Waals surface area contributed by atoms with Crippen LogP contribution in [0.4, 0.5) is 11.4 Å². The molecule has 1 aliphatic heterocycles. The SMILES string of the molecule is CS(=O)c1cc(Br)ccc1-c1cc2c3c(cccc3c1)C=CN2c1ccccc1. The first kappa shape index (κ1) is 18.3. The zero-order valence-corrected chi connectivity index (χ0v) is 18.2. The zero-order chi connectivity index (χ0) is 20.0. The van der Waals surface area contributed by atoms with Gasteiger partial charge >= 0.3 is 0 Å². The first-order valence-corrected chi connectivity index (χ1v) is 11.7. The second-order valence-corrected chi connectivity index (χ2v) is 9.32. The molecule has 1 atom stereocenters. The van der Waals surface area contributed by atoms with Gasteiger partial charge in [0.05, 0.1) is 16.5 Å². The summed E-state index contributed by atoms with van der Waals surface area (Å²) in [5.41, 5.74) is 5.54. The summed E-state index contributed by atoms with van der Waals surface area (Å²) in [6.07, 6.45) is 6.01. The van der Waals surface area contributed by atoms with E-state index < -0.39 is 10.8 Å². The zero-order valence-electron chi connectivity index (χ0n) is 15.8. The van der Waals surface area contributed by atoms with Gasteiger partial charge in [-0.05, 0) is 64.6 Å². The third kappa shape index (κ3) is 3.22. The number of hydrogen-bond acceptors (Lipinski definition) is 2. The van der Waals surface area contributed by atoms with E-state index in [-0.39, 0.29) is 0 Å². The number of para-hydroxylation sites is 1. The largest absolute Gasteiger partial charge is 0.316 e. The third-order valence-corrected chi connectivity index (χ3v) is 6.70. The van der Waals surface area contributed by atoms with Gasteiger partial charge in [-0.15, -0.1) is 0 Å². The number of halogens is 1.